The summed E-state index contributed by atoms with van der Waals surface area (Å²) in [6.07, 6.45) is 2.57. The molecule has 1 atom stereocenters. The fraction of sp³-hybridized carbons (Fsp3) is 0.238. The smallest absolute Gasteiger partial charge is 0.261 e. The van der Waals surface area contributed by atoms with Crippen molar-refractivity contribution in [2.24, 2.45) is 0 Å². The van der Waals surface area contributed by atoms with E-state index in [9.17, 15) is 9.59 Å². The molecule has 0 saturated carbocycles. The molecule has 1 aliphatic heterocycles. The molecule has 0 spiro atoms. The molecule has 132 valence electrons. The SMILES string of the molecule is Cc1ccc(C)c(NC(=O)c2cn3c4c(cc(Br)cc4c2=O)C[C@@H]3C)c1. The van der Waals surface area contributed by atoms with Gasteiger partial charge in [-0.3, -0.25) is 9.59 Å². The van der Waals surface area contributed by atoms with Crippen LogP contribution in [0.4, 0.5) is 5.69 Å². The highest BCUT2D eigenvalue weighted by molar-refractivity contribution is 9.10. The van der Waals surface area contributed by atoms with Crippen molar-refractivity contribution in [2.75, 3.05) is 5.32 Å². The maximum Gasteiger partial charge on any atom is 0.261 e. The number of halogens is 1. The number of nitrogens with one attached hydrogen (secondary N) is 1. The fourth-order valence-corrected chi connectivity index (χ4v) is 4.19. The van der Waals surface area contributed by atoms with Gasteiger partial charge in [0.05, 0.1) is 5.52 Å². The molecule has 1 aromatic heterocycles. The highest BCUT2D eigenvalue weighted by atomic mass is 79.9. The zero-order valence-electron chi connectivity index (χ0n) is 14.9. The van der Waals surface area contributed by atoms with Gasteiger partial charge in [-0.2, -0.15) is 0 Å². The van der Waals surface area contributed by atoms with Crippen LogP contribution in [0.1, 0.15) is 40.0 Å². The second-order valence-corrected chi connectivity index (χ2v) is 7.98. The number of nitrogens with zero attached hydrogens (tertiary/aromatic N) is 1. The first-order valence-corrected chi connectivity index (χ1v) is 9.40. The minimum absolute atomic E-state index is 0.177. The van der Waals surface area contributed by atoms with Gasteiger partial charge in [0.1, 0.15) is 5.56 Å². The molecule has 0 unspecified atom stereocenters. The topological polar surface area (TPSA) is 51.1 Å². The predicted molar refractivity (Wildman–Crippen MR) is 108 cm³/mol. The molecule has 1 aliphatic rings. The third-order valence-corrected chi connectivity index (χ3v) is 5.50. The van der Waals surface area contributed by atoms with E-state index < -0.39 is 0 Å². The lowest BCUT2D eigenvalue weighted by molar-refractivity contribution is 0.102. The Kier molecular flexibility index (Phi) is 3.99. The van der Waals surface area contributed by atoms with Crippen molar-refractivity contribution in [1.29, 1.82) is 0 Å². The summed E-state index contributed by atoms with van der Waals surface area (Å²) in [6.45, 7) is 6.01. The molecule has 4 nitrogen and oxygen atoms in total. The minimum atomic E-state index is -0.366. The van der Waals surface area contributed by atoms with Crippen molar-refractivity contribution in [3.05, 3.63) is 73.5 Å². The van der Waals surface area contributed by atoms with Crippen LogP contribution < -0.4 is 10.7 Å². The van der Waals surface area contributed by atoms with Crippen LogP contribution in [0.3, 0.4) is 0 Å². The first kappa shape index (κ1) is 17.0. The van der Waals surface area contributed by atoms with Crippen LogP contribution >= 0.6 is 15.9 Å². The summed E-state index contributed by atoms with van der Waals surface area (Å²) in [5.74, 6) is -0.366. The molecular weight excluding hydrogens is 392 g/mol. The average Bonchev–Trinajstić information content (AvgIpc) is 2.89. The van der Waals surface area contributed by atoms with Gasteiger partial charge >= 0.3 is 0 Å². The van der Waals surface area contributed by atoms with Crippen molar-refractivity contribution in [3.8, 4) is 0 Å². The van der Waals surface area contributed by atoms with E-state index in [-0.39, 0.29) is 22.9 Å². The third kappa shape index (κ3) is 2.67. The summed E-state index contributed by atoms with van der Waals surface area (Å²) < 4.78 is 2.92. The molecule has 0 bridgehead atoms. The largest absolute Gasteiger partial charge is 0.343 e. The van der Waals surface area contributed by atoms with Crippen LogP contribution in [0.5, 0.6) is 0 Å². The number of carbonyl (C=O) groups excluding carboxylic acids is 1. The van der Waals surface area contributed by atoms with Crippen molar-refractivity contribution in [1.82, 2.24) is 4.57 Å². The number of hydrogen-bond donors (Lipinski definition) is 1. The van der Waals surface area contributed by atoms with Crippen LogP contribution in [0, 0.1) is 13.8 Å². The maximum absolute atomic E-state index is 13.0. The van der Waals surface area contributed by atoms with Gasteiger partial charge in [-0.25, -0.2) is 0 Å². The van der Waals surface area contributed by atoms with Crippen LogP contribution in [0.15, 0.2) is 45.8 Å². The van der Waals surface area contributed by atoms with Gasteiger partial charge < -0.3 is 9.88 Å². The normalized spacial score (nSPS) is 15.5. The first-order valence-electron chi connectivity index (χ1n) is 8.61. The number of aryl methyl sites for hydroxylation is 2. The van der Waals surface area contributed by atoms with Gasteiger partial charge in [-0.1, -0.05) is 28.1 Å². The molecule has 0 radical (unpaired) electrons. The Labute approximate surface area is 160 Å². The molecule has 3 aromatic rings. The molecule has 0 saturated heterocycles. The summed E-state index contributed by atoms with van der Waals surface area (Å²) in [5, 5.41) is 3.50. The molecule has 26 heavy (non-hydrogen) atoms. The van der Waals surface area contributed by atoms with Gasteiger partial charge in [-0.15, -0.1) is 0 Å². The second kappa shape index (κ2) is 6.09. The van der Waals surface area contributed by atoms with E-state index in [2.05, 4.69) is 38.8 Å². The summed E-state index contributed by atoms with van der Waals surface area (Å²) in [6, 6.07) is 9.96. The average molecular weight is 411 g/mol. The van der Waals surface area contributed by atoms with Gasteiger partial charge in [0.2, 0.25) is 5.43 Å². The van der Waals surface area contributed by atoms with Crippen molar-refractivity contribution < 1.29 is 4.79 Å². The highest BCUT2D eigenvalue weighted by Gasteiger charge is 2.25. The number of rotatable bonds is 2. The van der Waals surface area contributed by atoms with Crippen LogP contribution in [-0.2, 0) is 6.42 Å². The van der Waals surface area contributed by atoms with Gasteiger partial charge in [0.15, 0.2) is 0 Å². The van der Waals surface area contributed by atoms with Crippen LogP contribution in [-0.4, -0.2) is 10.5 Å². The number of carbonyl (C=O) groups is 1. The molecule has 2 heterocycles. The molecule has 1 amide bonds. The zero-order chi connectivity index (χ0) is 18.6. The molecule has 0 fully saturated rings. The van der Waals surface area contributed by atoms with Crippen molar-refractivity contribution >= 4 is 38.4 Å². The fourth-order valence-electron chi connectivity index (χ4n) is 3.68. The molecule has 1 N–H and O–H groups in total. The first-order chi connectivity index (χ1) is 12.3. The molecule has 0 aliphatic carbocycles. The van der Waals surface area contributed by atoms with Gasteiger partial charge in [0, 0.05) is 27.8 Å². The van der Waals surface area contributed by atoms with Crippen molar-refractivity contribution in [3.63, 3.8) is 0 Å². The summed E-state index contributed by atoms with van der Waals surface area (Å²) in [4.78, 5) is 25.9. The lowest BCUT2D eigenvalue weighted by Crippen LogP contribution is -2.24. The van der Waals surface area contributed by atoms with Gasteiger partial charge in [-0.05, 0) is 62.1 Å². The highest BCUT2D eigenvalue weighted by Crippen LogP contribution is 2.33. The van der Waals surface area contributed by atoms with E-state index >= 15 is 0 Å². The molecule has 5 heteroatoms. The number of pyridine rings is 1. The van der Waals surface area contributed by atoms with E-state index in [1.807, 2.05) is 38.1 Å². The number of aromatic nitrogens is 1. The Morgan fingerprint density at radius 3 is 2.77 bits per heavy atom. The Balaban J connectivity index is 1.85. The number of benzene rings is 2. The number of amides is 1. The van der Waals surface area contributed by atoms with Gasteiger partial charge in [0.25, 0.3) is 5.91 Å². The quantitative estimate of drug-likeness (QED) is 0.662. The van der Waals surface area contributed by atoms with E-state index in [0.717, 1.165) is 38.8 Å². The molecule has 4 rings (SSSR count). The van der Waals surface area contributed by atoms with Crippen LogP contribution in [0.25, 0.3) is 10.9 Å². The van der Waals surface area contributed by atoms with Crippen LogP contribution in [0.2, 0.25) is 0 Å². The molecular formula is C21H19BrN2O2. The third-order valence-electron chi connectivity index (χ3n) is 5.05. The maximum atomic E-state index is 13.0. The number of anilines is 1. The minimum Gasteiger partial charge on any atom is -0.343 e. The Hall–Kier alpha value is -2.40. The Bertz CT molecular complexity index is 1130. The van der Waals surface area contributed by atoms with E-state index in [1.165, 1.54) is 0 Å². The Morgan fingerprint density at radius 1 is 1.23 bits per heavy atom. The lowest BCUT2D eigenvalue weighted by atomic mass is 10.1. The summed E-state index contributed by atoms with van der Waals surface area (Å²) in [5.41, 5.74) is 4.79. The lowest BCUT2D eigenvalue weighted by Gasteiger charge is -2.14. The number of hydrogen-bond acceptors (Lipinski definition) is 2. The van der Waals surface area contributed by atoms with E-state index in [4.69, 9.17) is 0 Å². The van der Waals surface area contributed by atoms with E-state index in [0.29, 0.717) is 5.39 Å². The summed E-state index contributed by atoms with van der Waals surface area (Å²) in [7, 11) is 0. The monoisotopic (exact) mass is 410 g/mol. The summed E-state index contributed by atoms with van der Waals surface area (Å²) >= 11 is 3.49. The Morgan fingerprint density at radius 2 is 2.00 bits per heavy atom. The van der Waals surface area contributed by atoms with E-state index in [1.54, 1.807) is 6.20 Å². The zero-order valence-corrected chi connectivity index (χ0v) is 16.5. The molecule has 2 aromatic carbocycles. The second-order valence-electron chi connectivity index (χ2n) is 7.07. The van der Waals surface area contributed by atoms with Crippen molar-refractivity contribution in [2.45, 2.75) is 33.2 Å². The standard InChI is InChI=1S/C21H19BrN2O2/c1-11-4-5-12(2)18(6-11)23-21(26)17-10-24-13(3)7-14-8-15(22)9-16(19(14)24)20(17)25/h4-6,8-10,13H,7H2,1-3H3,(H,23,26)/t13-/m0/s1. The predicted octanol–water partition coefficient (Wildman–Crippen LogP) is 4.75.